The molecule has 0 saturated heterocycles. The second kappa shape index (κ2) is 84.1. The van der Waals surface area contributed by atoms with E-state index in [2.05, 4.69) is 41.5 Å². The van der Waals surface area contributed by atoms with Crippen molar-refractivity contribution in [2.75, 3.05) is 39.6 Å². The van der Waals surface area contributed by atoms with Crippen molar-refractivity contribution in [1.82, 2.24) is 0 Å². The summed E-state index contributed by atoms with van der Waals surface area (Å²) in [6.07, 6.45) is 79.3. The summed E-state index contributed by atoms with van der Waals surface area (Å²) >= 11 is 0. The van der Waals surface area contributed by atoms with Crippen LogP contribution >= 0.6 is 15.6 Å². The number of phosphoric acid groups is 2. The van der Waals surface area contributed by atoms with Crippen LogP contribution in [0.1, 0.15) is 504 Å². The third-order valence-corrected chi connectivity index (χ3v) is 24.2. The first-order valence-corrected chi connectivity index (χ1v) is 51.0. The highest BCUT2D eigenvalue weighted by molar-refractivity contribution is 7.47. The van der Waals surface area contributed by atoms with Crippen LogP contribution in [0.2, 0.25) is 0 Å². The Bertz CT molecular complexity index is 2130. The molecule has 3 unspecified atom stereocenters. The summed E-state index contributed by atoms with van der Waals surface area (Å²) in [4.78, 5) is 73.5. The normalized spacial score (nSPS) is 13.9. The number of aliphatic hydroxyl groups is 1. The van der Waals surface area contributed by atoms with E-state index in [4.69, 9.17) is 37.0 Å². The molecule has 0 aromatic rings. The molecule has 3 N–H and O–H groups in total. The highest BCUT2D eigenvalue weighted by atomic mass is 31.2. The molecule has 0 bridgehead atoms. The molecule has 0 fully saturated rings. The first-order chi connectivity index (χ1) is 54.4. The Labute approximate surface area is 689 Å². The molecule has 0 saturated carbocycles. The van der Waals surface area contributed by atoms with Gasteiger partial charge in [-0.1, -0.05) is 452 Å². The molecule has 0 aromatic carbocycles. The Balaban J connectivity index is 5.22. The highest BCUT2D eigenvalue weighted by Gasteiger charge is 2.31. The maximum absolute atomic E-state index is 13.2. The summed E-state index contributed by atoms with van der Waals surface area (Å²) in [5, 5.41) is 10.7. The second-order valence-corrected chi connectivity index (χ2v) is 37.0. The van der Waals surface area contributed by atoms with Crippen LogP contribution in [0.3, 0.4) is 0 Å². The minimum Gasteiger partial charge on any atom is -0.462 e. The zero-order valence-corrected chi connectivity index (χ0v) is 75.8. The fourth-order valence-corrected chi connectivity index (χ4v) is 16.2. The number of esters is 4. The van der Waals surface area contributed by atoms with Gasteiger partial charge < -0.3 is 33.8 Å². The molecule has 19 heteroatoms. The maximum atomic E-state index is 13.2. The third-order valence-electron chi connectivity index (χ3n) is 22.3. The number of aliphatic hydroxyl groups excluding tert-OH is 1. The van der Waals surface area contributed by atoms with Crippen LogP contribution < -0.4 is 0 Å². The van der Waals surface area contributed by atoms with Gasteiger partial charge in [0.15, 0.2) is 12.2 Å². The van der Waals surface area contributed by atoms with Crippen molar-refractivity contribution in [2.45, 2.75) is 522 Å². The van der Waals surface area contributed by atoms with Crippen molar-refractivity contribution < 1.29 is 80.2 Å². The Morgan fingerprint density at radius 3 is 0.679 bits per heavy atom. The molecule has 0 aromatic heterocycles. The monoisotopic (exact) mass is 1630 g/mol. The number of hydrogen-bond donors (Lipinski definition) is 3. The van der Waals surface area contributed by atoms with Gasteiger partial charge in [0.05, 0.1) is 26.4 Å². The van der Waals surface area contributed by atoms with E-state index in [0.29, 0.717) is 25.7 Å². The van der Waals surface area contributed by atoms with E-state index in [9.17, 15) is 43.2 Å². The third kappa shape index (κ3) is 84.5. The number of ether oxygens (including phenoxy) is 4. The van der Waals surface area contributed by atoms with Crippen LogP contribution in [0.15, 0.2) is 0 Å². The number of unbranched alkanes of at least 4 members (excludes halogenated alkanes) is 61. The van der Waals surface area contributed by atoms with Gasteiger partial charge in [0.2, 0.25) is 0 Å². The summed E-state index contributed by atoms with van der Waals surface area (Å²) < 4.78 is 69.1. The Morgan fingerprint density at radius 2 is 0.455 bits per heavy atom. The van der Waals surface area contributed by atoms with E-state index < -0.39 is 97.5 Å². The van der Waals surface area contributed by atoms with Crippen molar-refractivity contribution in [3.8, 4) is 0 Å². The Hall–Kier alpha value is -1.94. The lowest BCUT2D eigenvalue weighted by molar-refractivity contribution is -0.161. The summed E-state index contributed by atoms with van der Waals surface area (Å²) in [5.74, 6) is -0.428. The molecule has 0 radical (unpaired) electrons. The van der Waals surface area contributed by atoms with Crippen molar-refractivity contribution in [3.63, 3.8) is 0 Å². The zero-order chi connectivity index (χ0) is 82.0. The molecule has 666 valence electrons. The molecule has 112 heavy (non-hydrogen) atoms. The molecule has 0 spiro atoms. The number of hydrogen-bond acceptors (Lipinski definition) is 15. The highest BCUT2D eigenvalue weighted by Crippen LogP contribution is 2.45. The lowest BCUT2D eigenvalue weighted by atomic mass is 9.99. The summed E-state index contributed by atoms with van der Waals surface area (Å²) in [7, 11) is -9.94. The fraction of sp³-hybridized carbons (Fsp3) is 0.957. The predicted octanol–water partition coefficient (Wildman–Crippen LogP) is 29.0. The minimum absolute atomic E-state index is 0.108. The first kappa shape index (κ1) is 110. The van der Waals surface area contributed by atoms with E-state index in [1.165, 1.54) is 321 Å². The largest absolute Gasteiger partial charge is 0.472 e. The van der Waals surface area contributed by atoms with Crippen LogP contribution in [0.4, 0.5) is 0 Å². The maximum Gasteiger partial charge on any atom is 0.472 e. The van der Waals surface area contributed by atoms with Gasteiger partial charge in [-0.3, -0.25) is 37.3 Å². The van der Waals surface area contributed by atoms with Gasteiger partial charge >= 0.3 is 39.5 Å². The smallest absolute Gasteiger partial charge is 0.462 e. The summed E-state index contributed by atoms with van der Waals surface area (Å²) in [6, 6.07) is 0. The summed E-state index contributed by atoms with van der Waals surface area (Å²) in [6.45, 7) is 9.80. The van der Waals surface area contributed by atoms with Crippen LogP contribution in [0.25, 0.3) is 0 Å². The van der Waals surface area contributed by atoms with E-state index in [-0.39, 0.29) is 25.7 Å². The SMILES string of the molecule is CCCCCCCCCCCCCCCCCCCCCCCCC(=O)OC[C@H](COP(=O)(O)OC[C@@H](O)COP(=O)(O)OC[C@@H](COC(=O)CCCCCCCCCCCCC)OC(=O)CCCCCCCCCCCCCCCCC(C)C)OC(=O)CCCCCCCCCCCCCCCCCCCCC(C)CC. The van der Waals surface area contributed by atoms with Gasteiger partial charge in [-0.15, -0.1) is 0 Å². The standard InChI is InChI=1S/C93H182O17P2/c1-7-10-12-14-16-18-20-21-22-23-24-25-26-27-31-34-40-46-52-58-64-70-76-91(96)104-82-89(110-92(97)77-71-65-59-53-47-41-35-32-29-28-30-33-39-45-50-56-62-68-74-86(6)9-3)84-108-112(101,102)106-80-87(94)79-105-111(99,100)107-83-88(81-103-90(95)75-69-63-57-51-43-19-17-15-13-11-8-2)109-93(98)78-72-66-60-54-48-42-37-36-38-44-49-55-61-67-73-85(4)5/h85-89,94H,7-84H2,1-6H3,(H,99,100)(H,101,102)/t86?,87-,88+,89+/m0/s1. The van der Waals surface area contributed by atoms with Gasteiger partial charge in [0.1, 0.15) is 19.3 Å². The van der Waals surface area contributed by atoms with Crippen LogP contribution in [-0.2, 0) is 65.4 Å². The van der Waals surface area contributed by atoms with Gasteiger partial charge in [0.25, 0.3) is 0 Å². The van der Waals surface area contributed by atoms with Crippen molar-refractivity contribution in [2.24, 2.45) is 11.8 Å². The van der Waals surface area contributed by atoms with Crippen LogP contribution in [-0.4, -0.2) is 96.7 Å². The molecular formula is C93H182O17P2. The predicted molar refractivity (Wildman–Crippen MR) is 465 cm³/mol. The molecule has 0 aliphatic heterocycles. The average Bonchev–Trinajstić information content (AvgIpc) is 0.899. The number of carbonyl (C=O) groups excluding carboxylic acids is 4. The number of rotatable bonds is 92. The molecule has 0 aliphatic carbocycles. The van der Waals surface area contributed by atoms with E-state index in [0.717, 1.165) is 102 Å². The molecule has 0 rings (SSSR count). The van der Waals surface area contributed by atoms with E-state index in [1.807, 2.05) is 0 Å². The first-order valence-electron chi connectivity index (χ1n) is 48.0. The number of carbonyl (C=O) groups is 4. The molecule has 17 nitrogen and oxygen atoms in total. The lowest BCUT2D eigenvalue weighted by Crippen LogP contribution is -2.30. The van der Waals surface area contributed by atoms with Crippen molar-refractivity contribution in [3.05, 3.63) is 0 Å². The zero-order valence-electron chi connectivity index (χ0n) is 74.0. The molecule has 0 heterocycles. The van der Waals surface area contributed by atoms with E-state index in [1.54, 1.807) is 0 Å². The Morgan fingerprint density at radius 1 is 0.259 bits per heavy atom. The van der Waals surface area contributed by atoms with Gasteiger partial charge in [-0.05, 0) is 37.5 Å². The van der Waals surface area contributed by atoms with Crippen molar-refractivity contribution >= 4 is 39.5 Å². The van der Waals surface area contributed by atoms with E-state index >= 15 is 0 Å². The second-order valence-electron chi connectivity index (χ2n) is 34.1. The molecule has 6 atom stereocenters. The van der Waals surface area contributed by atoms with Gasteiger partial charge in [0, 0.05) is 25.7 Å². The van der Waals surface area contributed by atoms with Crippen molar-refractivity contribution in [1.29, 1.82) is 0 Å². The number of phosphoric ester groups is 2. The average molecular weight is 1630 g/mol. The van der Waals surface area contributed by atoms with Gasteiger partial charge in [-0.25, -0.2) is 9.13 Å². The topological polar surface area (TPSA) is 237 Å². The minimum atomic E-state index is -4.97. The van der Waals surface area contributed by atoms with Crippen LogP contribution in [0.5, 0.6) is 0 Å². The van der Waals surface area contributed by atoms with Gasteiger partial charge in [-0.2, -0.15) is 0 Å². The Kier molecular flexibility index (Phi) is 82.6. The van der Waals surface area contributed by atoms with Crippen LogP contribution in [0, 0.1) is 11.8 Å². The molecule has 0 amide bonds. The lowest BCUT2D eigenvalue weighted by Gasteiger charge is -2.21. The summed E-state index contributed by atoms with van der Waals surface area (Å²) in [5.41, 5.74) is 0. The fourth-order valence-electron chi connectivity index (χ4n) is 14.6. The molecular weight excluding hydrogens is 1450 g/mol. The molecule has 0 aliphatic rings. The quantitative estimate of drug-likeness (QED) is 0.0222.